The lowest BCUT2D eigenvalue weighted by Gasteiger charge is -1.99. The Kier molecular flexibility index (Phi) is 3.71. The molecule has 3 heteroatoms. The molecule has 0 saturated heterocycles. The maximum Gasteiger partial charge on any atom is 0.321 e. The largest absolute Gasteiger partial charge is 0.460 e. The number of rotatable bonds is 3. The van der Waals surface area contributed by atoms with Gasteiger partial charge in [0, 0.05) is 0 Å². The highest BCUT2D eigenvalue weighted by Gasteiger charge is 1.96. The topological polar surface area (TPSA) is 50.1 Å². The van der Waals surface area contributed by atoms with Gasteiger partial charge in [-0.15, -0.1) is 0 Å². The summed E-state index contributed by atoms with van der Waals surface area (Å²) in [5, 5.41) is 0. The van der Waals surface area contributed by atoms with Gasteiger partial charge in [0.15, 0.2) is 0 Å². The summed E-state index contributed by atoms with van der Waals surface area (Å²) < 4.78 is 4.53. The van der Waals surface area contributed by atoms with Crippen LogP contribution in [0.4, 0.5) is 0 Å². The Morgan fingerprint density at radius 1 is 1.78 bits per heavy atom. The van der Waals surface area contributed by atoms with Crippen LogP contribution in [0.5, 0.6) is 0 Å². The Hall–Kier alpha value is -0.830. The van der Waals surface area contributed by atoms with E-state index in [0.29, 0.717) is 0 Å². The van der Waals surface area contributed by atoms with E-state index in [9.17, 15) is 4.79 Å². The Morgan fingerprint density at radius 2 is 2.33 bits per heavy atom. The minimum atomic E-state index is -0.502. The number of hydrogen-bond donors (Lipinski definition) is 0. The van der Waals surface area contributed by atoms with Crippen LogP contribution in [0.3, 0.4) is 0 Å². The van der Waals surface area contributed by atoms with Gasteiger partial charge >= 0.3 is 5.97 Å². The lowest BCUT2D eigenvalue weighted by Crippen LogP contribution is -2.11. The monoisotopic (exact) mass is 128 g/mol. The number of hydrogen-bond acceptors (Lipinski definition) is 2. The van der Waals surface area contributed by atoms with Crippen molar-refractivity contribution in [3.63, 3.8) is 0 Å². The summed E-state index contributed by atoms with van der Waals surface area (Å²) in [6.45, 7) is 5.21. The summed E-state index contributed by atoms with van der Waals surface area (Å²) in [6, 6.07) is 0. The summed E-state index contributed by atoms with van der Waals surface area (Å²) in [7, 11) is 0. The van der Waals surface area contributed by atoms with E-state index in [1.807, 2.05) is 0 Å². The van der Waals surface area contributed by atoms with Crippen LogP contribution in [-0.2, 0) is 9.53 Å². The van der Waals surface area contributed by atoms with Gasteiger partial charge in [0.1, 0.15) is 13.2 Å². The van der Waals surface area contributed by atoms with E-state index in [1.54, 1.807) is 6.92 Å². The molecule has 9 heavy (non-hydrogen) atoms. The molecule has 0 aliphatic rings. The van der Waals surface area contributed by atoms with E-state index >= 15 is 0 Å². The number of ether oxygens (including phenoxy) is 1. The molecule has 0 amide bonds. The lowest BCUT2D eigenvalue weighted by molar-refractivity contribution is -0.141. The second kappa shape index (κ2) is 4.09. The molecule has 1 radical (unpaired) electrons. The van der Waals surface area contributed by atoms with Crippen LogP contribution in [0.2, 0.25) is 0 Å². The van der Waals surface area contributed by atoms with Crippen molar-refractivity contribution in [2.75, 3.05) is 13.2 Å². The fourth-order valence-electron chi connectivity index (χ4n) is 0.255. The molecule has 0 aromatic heterocycles. The zero-order valence-electron chi connectivity index (χ0n) is 5.44. The van der Waals surface area contributed by atoms with Gasteiger partial charge in [-0.1, -0.05) is 6.58 Å². The second-order valence-electron chi connectivity index (χ2n) is 1.79. The van der Waals surface area contributed by atoms with Gasteiger partial charge in [0.2, 0.25) is 0 Å². The maximum atomic E-state index is 10.3. The zero-order chi connectivity index (χ0) is 7.28. The van der Waals surface area contributed by atoms with E-state index in [2.05, 4.69) is 11.3 Å². The molecule has 0 atom stereocenters. The first-order chi connectivity index (χ1) is 4.16. The molecule has 0 aromatic rings. The van der Waals surface area contributed by atoms with E-state index in [4.69, 9.17) is 5.73 Å². The highest BCUT2D eigenvalue weighted by atomic mass is 16.5. The molecular formula is C6H10NO2. The fourth-order valence-corrected chi connectivity index (χ4v) is 0.255. The highest BCUT2D eigenvalue weighted by Crippen LogP contribution is 1.87. The van der Waals surface area contributed by atoms with Crippen LogP contribution in [0.1, 0.15) is 6.92 Å². The van der Waals surface area contributed by atoms with Gasteiger partial charge in [0.25, 0.3) is 0 Å². The molecule has 0 saturated carbocycles. The molecule has 0 aliphatic heterocycles. The number of esters is 1. The molecule has 0 bridgehead atoms. The maximum absolute atomic E-state index is 10.3. The summed E-state index contributed by atoms with van der Waals surface area (Å²) in [6.07, 6.45) is 0. The van der Waals surface area contributed by atoms with Crippen LogP contribution < -0.4 is 5.73 Å². The summed E-state index contributed by atoms with van der Waals surface area (Å²) >= 11 is 0. The molecule has 0 aliphatic carbocycles. The predicted octanol–water partition coefficient (Wildman–Crippen LogP) is 0.389. The quantitative estimate of drug-likeness (QED) is 0.407. The molecule has 0 rings (SSSR count). The van der Waals surface area contributed by atoms with Crippen molar-refractivity contribution in [3.8, 4) is 0 Å². The third-order valence-electron chi connectivity index (χ3n) is 0.624. The van der Waals surface area contributed by atoms with Crippen LogP contribution in [0.25, 0.3) is 0 Å². The molecule has 0 spiro atoms. The van der Waals surface area contributed by atoms with E-state index < -0.39 is 5.97 Å². The average molecular weight is 128 g/mol. The van der Waals surface area contributed by atoms with Gasteiger partial charge in [-0.25, -0.2) is 5.73 Å². The predicted molar refractivity (Wildman–Crippen MR) is 33.7 cm³/mol. The molecule has 0 fully saturated rings. The summed E-state index contributed by atoms with van der Waals surface area (Å²) in [4.78, 5) is 10.3. The van der Waals surface area contributed by atoms with Gasteiger partial charge in [-0.3, -0.25) is 4.79 Å². The molecule has 0 heterocycles. The molecule has 0 aromatic carbocycles. The molecule has 3 nitrogen and oxygen atoms in total. The SMILES string of the molecule is C=C(C)COC(=O)C[NH]. The van der Waals surface area contributed by atoms with Gasteiger partial charge in [-0.05, 0) is 12.5 Å². The Balaban J connectivity index is 3.28. The third kappa shape index (κ3) is 5.03. The standard InChI is InChI=1S/C6H10NO2/c1-5(2)4-9-6(8)3-7/h7H,1,3-4H2,2H3. The van der Waals surface area contributed by atoms with E-state index in [-0.39, 0.29) is 13.2 Å². The van der Waals surface area contributed by atoms with E-state index in [0.717, 1.165) is 5.57 Å². The second-order valence-corrected chi connectivity index (χ2v) is 1.79. The molecule has 1 N–H and O–H groups in total. The molecular weight excluding hydrogens is 118 g/mol. The van der Waals surface area contributed by atoms with E-state index in [1.165, 1.54) is 0 Å². The highest BCUT2D eigenvalue weighted by molar-refractivity contribution is 5.71. The van der Waals surface area contributed by atoms with Crippen molar-refractivity contribution in [1.29, 1.82) is 0 Å². The minimum Gasteiger partial charge on any atom is -0.460 e. The van der Waals surface area contributed by atoms with Crippen LogP contribution >= 0.6 is 0 Å². The molecule has 0 unspecified atom stereocenters. The van der Waals surface area contributed by atoms with Crippen molar-refractivity contribution >= 4 is 5.97 Å². The average Bonchev–Trinajstić information content (AvgIpc) is 1.83. The van der Waals surface area contributed by atoms with Gasteiger partial charge < -0.3 is 4.74 Å². The van der Waals surface area contributed by atoms with Gasteiger partial charge in [-0.2, -0.15) is 0 Å². The van der Waals surface area contributed by atoms with Gasteiger partial charge in [0.05, 0.1) is 0 Å². The lowest BCUT2D eigenvalue weighted by atomic mass is 10.4. The molecule has 51 valence electrons. The fraction of sp³-hybridized carbons (Fsp3) is 0.500. The summed E-state index contributed by atoms with van der Waals surface area (Å²) in [5.74, 6) is -0.502. The van der Waals surface area contributed by atoms with Crippen LogP contribution in [0.15, 0.2) is 12.2 Å². The van der Waals surface area contributed by atoms with Crippen molar-refractivity contribution in [2.24, 2.45) is 0 Å². The minimum absolute atomic E-state index is 0.234. The van der Waals surface area contributed by atoms with Crippen molar-refractivity contribution in [3.05, 3.63) is 12.2 Å². The third-order valence-corrected chi connectivity index (χ3v) is 0.624. The van der Waals surface area contributed by atoms with Crippen LogP contribution in [-0.4, -0.2) is 19.1 Å². The normalized spacial score (nSPS) is 8.67. The summed E-state index contributed by atoms with van der Waals surface area (Å²) in [5.41, 5.74) is 7.34. The zero-order valence-corrected chi connectivity index (χ0v) is 5.44. The first-order valence-electron chi connectivity index (χ1n) is 2.61. The first kappa shape index (κ1) is 8.17. The number of carbonyl (C=O) groups is 1. The van der Waals surface area contributed by atoms with Crippen molar-refractivity contribution < 1.29 is 9.53 Å². The smallest absolute Gasteiger partial charge is 0.321 e. The Labute approximate surface area is 54.5 Å². The Morgan fingerprint density at radius 3 is 2.67 bits per heavy atom. The van der Waals surface area contributed by atoms with Crippen LogP contribution in [0, 0.1) is 0 Å². The van der Waals surface area contributed by atoms with Crippen molar-refractivity contribution in [1.82, 2.24) is 5.73 Å². The first-order valence-corrected chi connectivity index (χ1v) is 2.61. The number of carbonyl (C=O) groups excluding carboxylic acids is 1. The number of nitrogens with one attached hydrogen (secondary N) is 1. The Bertz CT molecular complexity index is 120. The van der Waals surface area contributed by atoms with Crippen molar-refractivity contribution in [2.45, 2.75) is 6.92 Å².